The first kappa shape index (κ1) is 11.1. The van der Waals surface area contributed by atoms with Crippen LogP contribution in [0.25, 0.3) is 22.6 Å². The zero-order valence-electron chi connectivity index (χ0n) is 8.92. The van der Waals surface area contributed by atoms with Gasteiger partial charge in [0.1, 0.15) is 5.69 Å². The summed E-state index contributed by atoms with van der Waals surface area (Å²) in [4.78, 5) is 11.1. The number of imidazole rings is 1. The van der Waals surface area contributed by atoms with Gasteiger partial charge in [0.2, 0.25) is 0 Å². The lowest BCUT2D eigenvalue weighted by Gasteiger charge is -1.94. The van der Waals surface area contributed by atoms with Gasteiger partial charge in [0.15, 0.2) is 17.5 Å². The van der Waals surface area contributed by atoms with E-state index in [1.807, 2.05) is 0 Å². The standard InChI is InChI=1S/C12H6ClF2N3/c13-6-1-2-9(16-5-6)12-17-10-3-7(14)8(15)4-11(10)18-12/h1-5H,(H,17,18). The first-order valence-corrected chi connectivity index (χ1v) is 5.48. The van der Waals surface area contributed by atoms with Crippen LogP contribution in [-0.4, -0.2) is 15.0 Å². The van der Waals surface area contributed by atoms with Crippen molar-refractivity contribution in [1.29, 1.82) is 0 Å². The predicted molar refractivity (Wildman–Crippen MR) is 64.3 cm³/mol. The Hall–Kier alpha value is -2.01. The van der Waals surface area contributed by atoms with E-state index in [0.717, 1.165) is 12.1 Å². The maximum absolute atomic E-state index is 13.1. The highest BCUT2D eigenvalue weighted by atomic mass is 35.5. The highest BCUT2D eigenvalue weighted by Gasteiger charge is 2.10. The highest BCUT2D eigenvalue weighted by Crippen LogP contribution is 2.21. The van der Waals surface area contributed by atoms with Crippen LogP contribution in [0.1, 0.15) is 0 Å². The summed E-state index contributed by atoms with van der Waals surface area (Å²) in [5.74, 6) is -1.40. The molecule has 3 aromatic rings. The van der Waals surface area contributed by atoms with Gasteiger partial charge in [-0.15, -0.1) is 0 Å². The summed E-state index contributed by atoms with van der Waals surface area (Å²) in [5.41, 5.74) is 1.32. The third-order valence-corrected chi connectivity index (χ3v) is 2.72. The molecule has 2 aromatic heterocycles. The van der Waals surface area contributed by atoms with E-state index < -0.39 is 11.6 Å². The minimum absolute atomic E-state index is 0.348. The molecule has 2 heterocycles. The Balaban J connectivity index is 2.16. The summed E-state index contributed by atoms with van der Waals surface area (Å²) < 4.78 is 26.1. The van der Waals surface area contributed by atoms with Gasteiger partial charge >= 0.3 is 0 Å². The number of H-pyrrole nitrogens is 1. The molecule has 3 nitrogen and oxygen atoms in total. The van der Waals surface area contributed by atoms with Crippen molar-refractivity contribution in [2.24, 2.45) is 0 Å². The van der Waals surface area contributed by atoms with Crippen LogP contribution in [0.4, 0.5) is 8.78 Å². The molecule has 0 atom stereocenters. The molecule has 1 N–H and O–H groups in total. The summed E-state index contributed by atoms with van der Waals surface area (Å²) in [6.45, 7) is 0. The monoisotopic (exact) mass is 265 g/mol. The quantitative estimate of drug-likeness (QED) is 0.731. The van der Waals surface area contributed by atoms with Crippen LogP contribution in [-0.2, 0) is 0 Å². The maximum Gasteiger partial charge on any atom is 0.161 e. The molecular weight excluding hydrogens is 260 g/mol. The van der Waals surface area contributed by atoms with Crippen molar-refractivity contribution >= 4 is 22.6 Å². The molecule has 0 unspecified atom stereocenters. The molecule has 1 aromatic carbocycles. The van der Waals surface area contributed by atoms with Gasteiger partial charge < -0.3 is 4.98 Å². The van der Waals surface area contributed by atoms with Gasteiger partial charge in [0, 0.05) is 18.3 Å². The number of aromatic amines is 1. The number of nitrogens with one attached hydrogen (secondary N) is 1. The lowest BCUT2D eigenvalue weighted by molar-refractivity contribution is 0.510. The third-order valence-electron chi connectivity index (χ3n) is 2.49. The molecule has 6 heteroatoms. The van der Waals surface area contributed by atoms with E-state index >= 15 is 0 Å². The Kier molecular flexibility index (Phi) is 2.48. The third kappa shape index (κ3) is 1.82. The fraction of sp³-hybridized carbons (Fsp3) is 0. The molecule has 0 amide bonds. The number of aromatic nitrogens is 3. The van der Waals surface area contributed by atoms with E-state index in [4.69, 9.17) is 11.6 Å². The van der Waals surface area contributed by atoms with Crippen LogP contribution in [0.3, 0.4) is 0 Å². The minimum atomic E-state index is -0.926. The van der Waals surface area contributed by atoms with E-state index in [2.05, 4.69) is 15.0 Å². The Labute approximate surface area is 105 Å². The van der Waals surface area contributed by atoms with E-state index in [1.54, 1.807) is 12.1 Å². The fourth-order valence-corrected chi connectivity index (χ4v) is 1.75. The highest BCUT2D eigenvalue weighted by molar-refractivity contribution is 6.30. The zero-order chi connectivity index (χ0) is 12.7. The molecule has 0 spiro atoms. The zero-order valence-corrected chi connectivity index (χ0v) is 9.67. The first-order chi connectivity index (χ1) is 8.63. The Morgan fingerprint density at radius 3 is 2.61 bits per heavy atom. The smallest absolute Gasteiger partial charge is 0.161 e. The Morgan fingerprint density at radius 1 is 1.11 bits per heavy atom. The predicted octanol–water partition coefficient (Wildman–Crippen LogP) is 3.56. The summed E-state index contributed by atoms with van der Waals surface area (Å²) in [5, 5.41) is 0.506. The number of rotatable bonds is 1. The molecule has 3 rings (SSSR count). The van der Waals surface area contributed by atoms with Gasteiger partial charge in [-0.25, -0.2) is 13.8 Å². The van der Waals surface area contributed by atoms with Crippen LogP contribution in [0.15, 0.2) is 30.5 Å². The van der Waals surface area contributed by atoms with Gasteiger partial charge in [-0.2, -0.15) is 0 Å². The number of pyridine rings is 1. The molecule has 0 bridgehead atoms. The number of halogens is 3. The normalized spacial score (nSPS) is 11.1. The first-order valence-electron chi connectivity index (χ1n) is 5.10. The number of hydrogen-bond donors (Lipinski definition) is 1. The number of hydrogen-bond acceptors (Lipinski definition) is 2. The van der Waals surface area contributed by atoms with Crippen molar-refractivity contribution in [2.75, 3.05) is 0 Å². The minimum Gasteiger partial charge on any atom is -0.337 e. The van der Waals surface area contributed by atoms with E-state index in [0.29, 0.717) is 27.6 Å². The molecular formula is C12H6ClF2N3. The lowest BCUT2D eigenvalue weighted by atomic mass is 10.3. The molecule has 0 saturated heterocycles. The Morgan fingerprint density at radius 2 is 1.89 bits per heavy atom. The van der Waals surface area contributed by atoms with E-state index in [1.165, 1.54) is 6.20 Å². The van der Waals surface area contributed by atoms with Crippen molar-refractivity contribution in [3.05, 3.63) is 47.1 Å². The molecule has 0 saturated carbocycles. The van der Waals surface area contributed by atoms with Gasteiger partial charge in [0.25, 0.3) is 0 Å². The summed E-state index contributed by atoms with van der Waals surface area (Å²) >= 11 is 5.73. The van der Waals surface area contributed by atoms with E-state index in [-0.39, 0.29) is 0 Å². The van der Waals surface area contributed by atoms with Gasteiger partial charge in [-0.3, -0.25) is 4.98 Å². The van der Waals surface area contributed by atoms with Crippen LogP contribution in [0, 0.1) is 11.6 Å². The molecule has 0 aliphatic rings. The second-order valence-corrected chi connectivity index (χ2v) is 4.17. The van der Waals surface area contributed by atoms with Crippen molar-refractivity contribution in [3.63, 3.8) is 0 Å². The number of fused-ring (bicyclic) bond motifs is 1. The fourth-order valence-electron chi connectivity index (χ4n) is 1.64. The van der Waals surface area contributed by atoms with Crippen molar-refractivity contribution in [2.45, 2.75) is 0 Å². The molecule has 18 heavy (non-hydrogen) atoms. The van der Waals surface area contributed by atoms with Crippen LogP contribution in [0.5, 0.6) is 0 Å². The second kappa shape index (κ2) is 4.03. The number of benzene rings is 1. The Bertz CT molecular complexity index is 683. The van der Waals surface area contributed by atoms with Crippen LogP contribution < -0.4 is 0 Å². The molecule has 90 valence electrons. The van der Waals surface area contributed by atoms with Crippen molar-refractivity contribution < 1.29 is 8.78 Å². The molecule has 0 radical (unpaired) electrons. The van der Waals surface area contributed by atoms with Crippen molar-refractivity contribution in [1.82, 2.24) is 15.0 Å². The van der Waals surface area contributed by atoms with Crippen molar-refractivity contribution in [3.8, 4) is 11.5 Å². The topological polar surface area (TPSA) is 41.6 Å². The second-order valence-electron chi connectivity index (χ2n) is 3.73. The largest absolute Gasteiger partial charge is 0.337 e. The summed E-state index contributed by atoms with van der Waals surface area (Å²) in [7, 11) is 0. The number of nitrogens with zero attached hydrogens (tertiary/aromatic N) is 2. The van der Waals surface area contributed by atoms with Gasteiger partial charge in [-0.1, -0.05) is 11.6 Å². The molecule has 0 aliphatic heterocycles. The van der Waals surface area contributed by atoms with Crippen LogP contribution >= 0.6 is 11.6 Å². The van der Waals surface area contributed by atoms with E-state index in [9.17, 15) is 8.78 Å². The van der Waals surface area contributed by atoms with Crippen LogP contribution in [0.2, 0.25) is 5.02 Å². The molecule has 0 aliphatic carbocycles. The summed E-state index contributed by atoms with van der Waals surface area (Å²) in [6, 6.07) is 5.45. The average Bonchev–Trinajstić information content (AvgIpc) is 2.73. The lowest BCUT2D eigenvalue weighted by Crippen LogP contribution is -1.84. The van der Waals surface area contributed by atoms with Gasteiger partial charge in [0.05, 0.1) is 16.1 Å². The SMILES string of the molecule is Fc1cc2nc(-c3ccc(Cl)cn3)[nH]c2cc1F. The summed E-state index contributed by atoms with van der Waals surface area (Å²) in [6.07, 6.45) is 1.48. The maximum atomic E-state index is 13.1. The average molecular weight is 266 g/mol. The van der Waals surface area contributed by atoms with Gasteiger partial charge in [-0.05, 0) is 12.1 Å². The molecule has 0 fully saturated rings.